The van der Waals surface area contributed by atoms with Crippen LogP contribution < -0.4 is 5.32 Å². The van der Waals surface area contributed by atoms with E-state index >= 15 is 0 Å². The lowest BCUT2D eigenvalue weighted by molar-refractivity contribution is -0.142. The van der Waals surface area contributed by atoms with Gasteiger partial charge in [-0.2, -0.15) is 0 Å². The van der Waals surface area contributed by atoms with E-state index in [1.165, 1.54) is 12.7 Å². The van der Waals surface area contributed by atoms with E-state index in [2.05, 4.69) is 36.0 Å². The number of benzene rings is 1. The van der Waals surface area contributed by atoms with Crippen molar-refractivity contribution in [2.75, 3.05) is 26.9 Å². The Balaban J connectivity index is 2.16. The second-order valence-corrected chi connectivity index (χ2v) is 5.63. The number of ether oxygens (including phenoxy) is 2. The van der Waals surface area contributed by atoms with Crippen LogP contribution in [0.3, 0.4) is 0 Å². The zero-order chi connectivity index (χ0) is 14.8. The van der Waals surface area contributed by atoms with Gasteiger partial charge >= 0.3 is 5.97 Å². The SMILES string of the molecule is COC(=O)CCOCC(C)(C)CNCc1ccccc1. The maximum Gasteiger partial charge on any atom is 0.307 e. The van der Waals surface area contributed by atoms with Crippen LogP contribution in [0.2, 0.25) is 0 Å². The molecule has 0 saturated carbocycles. The van der Waals surface area contributed by atoms with Crippen LogP contribution in [0, 0.1) is 5.41 Å². The predicted molar refractivity (Wildman–Crippen MR) is 79.4 cm³/mol. The molecular weight excluding hydrogens is 254 g/mol. The van der Waals surface area contributed by atoms with Crippen LogP contribution in [0.1, 0.15) is 25.8 Å². The predicted octanol–water partition coefficient (Wildman–Crippen LogP) is 2.38. The molecule has 1 aromatic rings. The second-order valence-electron chi connectivity index (χ2n) is 5.63. The zero-order valence-electron chi connectivity index (χ0n) is 12.6. The molecule has 0 aliphatic rings. The highest BCUT2D eigenvalue weighted by molar-refractivity contribution is 5.69. The van der Waals surface area contributed by atoms with Crippen molar-refractivity contribution < 1.29 is 14.3 Å². The third-order valence-electron chi connectivity index (χ3n) is 2.95. The number of carbonyl (C=O) groups is 1. The molecule has 0 atom stereocenters. The van der Waals surface area contributed by atoms with Gasteiger partial charge in [-0.05, 0) is 5.56 Å². The van der Waals surface area contributed by atoms with Crippen LogP contribution >= 0.6 is 0 Å². The Morgan fingerprint density at radius 1 is 1.25 bits per heavy atom. The van der Waals surface area contributed by atoms with Crippen molar-refractivity contribution in [2.24, 2.45) is 5.41 Å². The molecule has 0 fully saturated rings. The highest BCUT2D eigenvalue weighted by Gasteiger charge is 2.17. The van der Waals surface area contributed by atoms with Gasteiger partial charge in [0.05, 0.1) is 26.7 Å². The van der Waals surface area contributed by atoms with E-state index in [9.17, 15) is 4.79 Å². The third kappa shape index (κ3) is 7.26. The lowest BCUT2D eigenvalue weighted by Gasteiger charge is -2.25. The summed E-state index contributed by atoms with van der Waals surface area (Å²) in [6.07, 6.45) is 0.310. The number of hydrogen-bond acceptors (Lipinski definition) is 4. The molecule has 0 aromatic heterocycles. The Morgan fingerprint density at radius 2 is 1.95 bits per heavy atom. The summed E-state index contributed by atoms with van der Waals surface area (Å²) in [7, 11) is 1.39. The number of methoxy groups -OCH3 is 1. The summed E-state index contributed by atoms with van der Waals surface area (Å²) in [5.41, 5.74) is 1.31. The minimum Gasteiger partial charge on any atom is -0.469 e. The van der Waals surface area contributed by atoms with Gasteiger partial charge in [-0.25, -0.2) is 0 Å². The van der Waals surface area contributed by atoms with Gasteiger partial charge in [0.15, 0.2) is 0 Å². The average Bonchev–Trinajstić information content (AvgIpc) is 2.44. The Morgan fingerprint density at radius 3 is 2.60 bits per heavy atom. The molecule has 1 aromatic carbocycles. The number of hydrogen-bond donors (Lipinski definition) is 1. The Bertz CT molecular complexity index is 390. The van der Waals surface area contributed by atoms with Crippen LogP contribution in [-0.4, -0.2) is 32.8 Å². The lowest BCUT2D eigenvalue weighted by Crippen LogP contribution is -2.33. The van der Waals surface area contributed by atoms with E-state index in [0.717, 1.165) is 13.1 Å². The molecule has 20 heavy (non-hydrogen) atoms. The maximum atomic E-state index is 11.0. The summed E-state index contributed by atoms with van der Waals surface area (Å²) >= 11 is 0. The van der Waals surface area contributed by atoms with E-state index in [-0.39, 0.29) is 11.4 Å². The molecule has 0 spiro atoms. The van der Waals surface area contributed by atoms with Crippen LogP contribution in [0.15, 0.2) is 30.3 Å². The van der Waals surface area contributed by atoms with Gasteiger partial charge in [-0.15, -0.1) is 0 Å². The highest BCUT2D eigenvalue weighted by Crippen LogP contribution is 2.14. The molecule has 0 aliphatic carbocycles. The standard InChI is InChI=1S/C16H25NO3/c1-16(2,13-20-10-9-15(18)19-3)12-17-11-14-7-5-4-6-8-14/h4-8,17H,9-13H2,1-3H3. The molecule has 0 aliphatic heterocycles. The van der Waals surface area contributed by atoms with E-state index < -0.39 is 0 Å². The third-order valence-corrected chi connectivity index (χ3v) is 2.95. The van der Waals surface area contributed by atoms with Crippen molar-refractivity contribution in [3.63, 3.8) is 0 Å². The topological polar surface area (TPSA) is 47.6 Å². The van der Waals surface area contributed by atoms with Gasteiger partial charge in [-0.3, -0.25) is 4.79 Å². The monoisotopic (exact) mass is 279 g/mol. The smallest absolute Gasteiger partial charge is 0.307 e. The zero-order valence-corrected chi connectivity index (χ0v) is 12.6. The first-order chi connectivity index (χ1) is 9.53. The molecule has 0 amide bonds. The van der Waals surface area contributed by atoms with Gasteiger partial charge in [0.2, 0.25) is 0 Å². The highest BCUT2D eigenvalue weighted by atomic mass is 16.5. The van der Waals surface area contributed by atoms with Gasteiger partial charge in [0.25, 0.3) is 0 Å². The normalized spacial score (nSPS) is 11.3. The van der Waals surface area contributed by atoms with Crippen LogP contribution in [0.4, 0.5) is 0 Å². The second kappa shape index (κ2) is 8.72. The van der Waals surface area contributed by atoms with Crippen LogP contribution in [-0.2, 0) is 20.8 Å². The van der Waals surface area contributed by atoms with Crippen molar-refractivity contribution in [1.82, 2.24) is 5.32 Å². The first kappa shape index (κ1) is 16.7. The summed E-state index contributed by atoms with van der Waals surface area (Å²) in [5, 5.41) is 3.43. The fourth-order valence-corrected chi connectivity index (χ4v) is 1.80. The molecule has 0 radical (unpaired) electrons. The number of rotatable bonds is 9. The Hall–Kier alpha value is -1.39. The Labute approximate surface area is 121 Å². The van der Waals surface area contributed by atoms with Crippen molar-refractivity contribution in [2.45, 2.75) is 26.8 Å². The fraction of sp³-hybridized carbons (Fsp3) is 0.562. The molecule has 1 N–H and O–H groups in total. The molecule has 0 saturated heterocycles. The lowest BCUT2D eigenvalue weighted by atomic mass is 9.95. The Kier molecular flexibility index (Phi) is 7.26. The molecule has 0 unspecified atom stereocenters. The molecule has 112 valence electrons. The average molecular weight is 279 g/mol. The van der Waals surface area contributed by atoms with Gasteiger partial charge in [0.1, 0.15) is 0 Å². The summed E-state index contributed by atoms with van der Waals surface area (Å²) in [4.78, 5) is 11.0. The van der Waals surface area contributed by atoms with Crippen LogP contribution in [0.5, 0.6) is 0 Å². The molecular formula is C16H25NO3. The first-order valence-corrected chi connectivity index (χ1v) is 6.93. The van der Waals surface area contributed by atoms with E-state index in [1.807, 2.05) is 18.2 Å². The fourth-order valence-electron chi connectivity index (χ4n) is 1.80. The summed E-state index contributed by atoms with van der Waals surface area (Å²) in [6.45, 7) is 7.03. The quantitative estimate of drug-likeness (QED) is 0.557. The first-order valence-electron chi connectivity index (χ1n) is 6.93. The van der Waals surface area contributed by atoms with E-state index in [4.69, 9.17) is 4.74 Å². The van der Waals surface area contributed by atoms with Crippen molar-refractivity contribution in [3.8, 4) is 0 Å². The van der Waals surface area contributed by atoms with E-state index in [0.29, 0.717) is 19.6 Å². The largest absolute Gasteiger partial charge is 0.469 e. The van der Waals surface area contributed by atoms with Gasteiger partial charge in [-0.1, -0.05) is 44.2 Å². The maximum absolute atomic E-state index is 11.0. The minimum atomic E-state index is -0.231. The number of carbonyl (C=O) groups excluding carboxylic acids is 1. The molecule has 1 rings (SSSR count). The number of esters is 1. The van der Waals surface area contributed by atoms with Crippen LogP contribution in [0.25, 0.3) is 0 Å². The number of nitrogens with one attached hydrogen (secondary N) is 1. The van der Waals surface area contributed by atoms with Crippen molar-refractivity contribution >= 4 is 5.97 Å². The summed E-state index contributed by atoms with van der Waals surface area (Å²) < 4.78 is 10.1. The molecule has 0 heterocycles. The molecule has 4 heteroatoms. The van der Waals surface area contributed by atoms with Gasteiger partial charge in [0, 0.05) is 18.5 Å². The minimum absolute atomic E-state index is 0.0326. The van der Waals surface area contributed by atoms with Crippen molar-refractivity contribution in [1.29, 1.82) is 0 Å². The molecule has 4 nitrogen and oxygen atoms in total. The van der Waals surface area contributed by atoms with Crippen molar-refractivity contribution in [3.05, 3.63) is 35.9 Å². The molecule has 0 bridgehead atoms. The van der Waals surface area contributed by atoms with E-state index in [1.54, 1.807) is 0 Å². The summed E-state index contributed by atoms with van der Waals surface area (Å²) in [6, 6.07) is 10.3. The summed E-state index contributed by atoms with van der Waals surface area (Å²) in [5.74, 6) is -0.231. The van der Waals surface area contributed by atoms with Gasteiger partial charge < -0.3 is 14.8 Å².